The first-order valence-electron chi connectivity index (χ1n) is 10.5. The summed E-state index contributed by atoms with van der Waals surface area (Å²) < 4.78 is 25.1. The molecule has 3 aromatic rings. The second kappa shape index (κ2) is 9.99. The quantitative estimate of drug-likeness (QED) is 0.383. The molecule has 0 atom stereocenters. The molecule has 0 aromatic heterocycles. The molecule has 0 bridgehead atoms. The molecule has 1 aliphatic heterocycles. The number of imide groups is 2. The van der Waals surface area contributed by atoms with Crippen molar-refractivity contribution in [3.63, 3.8) is 0 Å². The number of aryl methyl sites for hydroxylation is 1. The fourth-order valence-electron chi connectivity index (χ4n) is 3.54. The number of rotatable bonds is 6. The minimum atomic E-state index is -0.823. The molecule has 1 fully saturated rings. The summed E-state index contributed by atoms with van der Waals surface area (Å²) in [4.78, 5) is 38.8. The largest absolute Gasteiger partial charge is 0.493 e. The Balaban J connectivity index is 1.61. The second-order valence-electron chi connectivity index (χ2n) is 7.70. The Labute approximate surface area is 205 Å². The van der Waals surface area contributed by atoms with E-state index < -0.39 is 23.7 Å². The molecule has 0 saturated carbocycles. The van der Waals surface area contributed by atoms with E-state index in [1.807, 2.05) is 13.0 Å². The average molecular weight is 495 g/mol. The number of halogens is 2. The Kier molecular flexibility index (Phi) is 6.84. The van der Waals surface area contributed by atoms with Gasteiger partial charge in [-0.1, -0.05) is 35.9 Å². The van der Waals surface area contributed by atoms with E-state index in [1.165, 1.54) is 25.3 Å². The molecule has 0 unspecified atom stereocenters. The number of nitrogens with one attached hydrogen (secondary N) is 1. The monoisotopic (exact) mass is 494 g/mol. The first kappa shape index (κ1) is 24.0. The zero-order valence-corrected chi connectivity index (χ0v) is 19.6. The van der Waals surface area contributed by atoms with E-state index in [9.17, 15) is 18.8 Å². The van der Waals surface area contributed by atoms with Crippen LogP contribution in [-0.4, -0.2) is 25.0 Å². The van der Waals surface area contributed by atoms with E-state index in [-0.39, 0.29) is 22.8 Å². The fourth-order valence-corrected chi connectivity index (χ4v) is 3.76. The molecule has 0 radical (unpaired) electrons. The minimum Gasteiger partial charge on any atom is -0.493 e. The molecule has 4 rings (SSSR count). The van der Waals surface area contributed by atoms with E-state index in [4.69, 9.17) is 21.1 Å². The molecule has 178 valence electrons. The summed E-state index contributed by atoms with van der Waals surface area (Å²) in [7, 11) is 1.42. The molecule has 35 heavy (non-hydrogen) atoms. The summed E-state index contributed by atoms with van der Waals surface area (Å²) in [5.74, 6) is -1.45. The molecular weight excluding hydrogens is 475 g/mol. The number of methoxy groups -OCH3 is 1. The van der Waals surface area contributed by atoms with Crippen molar-refractivity contribution in [3.05, 3.63) is 93.8 Å². The fraction of sp³-hybridized carbons (Fsp3) is 0.115. The summed E-state index contributed by atoms with van der Waals surface area (Å²) in [6, 6.07) is 15.1. The average Bonchev–Trinajstić information content (AvgIpc) is 2.82. The Morgan fingerprint density at radius 2 is 1.80 bits per heavy atom. The van der Waals surface area contributed by atoms with Crippen molar-refractivity contribution in [2.24, 2.45) is 0 Å². The molecule has 0 aliphatic carbocycles. The molecule has 1 aliphatic rings. The highest BCUT2D eigenvalue weighted by atomic mass is 35.5. The summed E-state index contributed by atoms with van der Waals surface area (Å²) in [5.41, 5.74) is 1.63. The lowest BCUT2D eigenvalue weighted by Gasteiger charge is -2.26. The van der Waals surface area contributed by atoms with Gasteiger partial charge in [-0.15, -0.1) is 0 Å². The smallest absolute Gasteiger partial charge is 0.335 e. The Bertz CT molecular complexity index is 1350. The van der Waals surface area contributed by atoms with Crippen LogP contribution in [0.15, 0.2) is 66.2 Å². The third-order valence-corrected chi connectivity index (χ3v) is 5.65. The third-order valence-electron chi connectivity index (χ3n) is 5.29. The van der Waals surface area contributed by atoms with Gasteiger partial charge in [-0.3, -0.25) is 14.9 Å². The topological polar surface area (TPSA) is 84.9 Å². The van der Waals surface area contributed by atoms with Crippen molar-refractivity contribution < 1.29 is 28.2 Å². The normalized spacial score (nSPS) is 14.8. The van der Waals surface area contributed by atoms with Gasteiger partial charge < -0.3 is 9.47 Å². The van der Waals surface area contributed by atoms with E-state index >= 15 is 0 Å². The maximum atomic E-state index is 14.0. The Morgan fingerprint density at radius 3 is 2.51 bits per heavy atom. The minimum absolute atomic E-state index is 0.128. The van der Waals surface area contributed by atoms with E-state index in [0.717, 1.165) is 10.5 Å². The van der Waals surface area contributed by atoms with E-state index in [2.05, 4.69) is 5.32 Å². The van der Waals surface area contributed by atoms with Crippen molar-refractivity contribution in [2.45, 2.75) is 13.5 Å². The number of benzene rings is 3. The number of amides is 4. The SMILES string of the molecule is COc1cc(/C=C2\C(=O)NC(=O)N(c3cccc(C)c3)C2=O)ccc1OCc1c(F)cccc1Cl. The van der Waals surface area contributed by atoms with Crippen LogP contribution in [0.25, 0.3) is 6.08 Å². The van der Waals surface area contributed by atoms with Crippen LogP contribution < -0.4 is 19.7 Å². The van der Waals surface area contributed by atoms with Crippen LogP contribution in [0.1, 0.15) is 16.7 Å². The number of ether oxygens (including phenoxy) is 2. The number of barbiturate groups is 1. The highest BCUT2D eigenvalue weighted by Crippen LogP contribution is 2.31. The van der Waals surface area contributed by atoms with Crippen molar-refractivity contribution in [1.29, 1.82) is 0 Å². The number of nitrogens with zero attached hydrogens (tertiary/aromatic N) is 1. The molecule has 7 nitrogen and oxygen atoms in total. The lowest BCUT2D eigenvalue weighted by molar-refractivity contribution is -0.122. The van der Waals surface area contributed by atoms with Gasteiger partial charge in [0.15, 0.2) is 11.5 Å². The Hall–Kier alpha value is -4.17. The molecule has 1 N–H and O–H groups in total. The summed E-state index contributed by atoms with van der Waals surface area (Å²) >= 11 is 6.05. The lowest BCUT2D eigenvalue weighted by atomic mass is 10.1. The molecular formula is C26H20ClFN2O5. The van der Waals surface area contributed by atoms with Gasteiger partial charge in [0.05, 0.1) is 17.8 Å². The first-order valence-corrected chi connectivity index (χ1v) is 10.9. The summed E-state index contributed by atoms with van der Waals surface area (Å²) in [6.07, 6.45) is 1.35. The van der Waals surface area contributed by atoms with Crippen molar-refractivity contribution >= 4 is 41.2 Å². The third kappa shape index (κ3) is 5.02. The maximum Gasteiger partial charge on any atom is 0.335 e. The van der Waals surface area contributed by atoms with Crippen molar-refractivity contribution in [3.8, 4) is 11.5 Å². The van der Waals surface area contributed by atoms with E-state index in [1.54, 1.807) is 42.5 Å². The summed E-state index contributed by atoms with van der Waals surface area (Å²) in [6.45, 7) is 1.70. The van der Waals surface area contributed by atoms with Crippen LogP contribution in [0.2, 0.25) is 5.02 Å². The lowest BCUT2D eigenvalue weighted by Crippen LogP contribution is -2.54. The molecule has 9 heteroatoms. The number of carbonyl (C=O) groups excluding carboxylic acids is 3. The van der Waals surface area contributed by atoms with Crippen molar-refractivity contribution in [1.82, 2.24) is 5.32 Å². The van der Waals surface area contributed by atoms with Crippen LogP contribution in [0.3, 0.4) is 0 Å². The number of anilines is 1. The summed E-state index contributed by atoms with van der Waals surface area (Å²) in [5, 5.41) is 2.43. The number of carbonyl (C=O) groups is 3. The molecule has 0 spiro atoms. The number of urea groups is 1. The van der Waals surface area contributed by atoms with Crippen LogP contribution in [0, 0.1) is 12.7 Å². The van der Waals surface area contributed by atoms with Crippen LogP contribution in [0.5, 0.6) is 11.5 Å². The molecule has 4 amide bonds. The highest BCUT2D eigenvalue weighted by Gasteiger charge is 2.36. The maximum absolute atomic E-state index is 14.0. The van der Waals surface area contributed by atoms with Gasteiger partial charge in [0.25, 0.3) is 11.8 Å². The van der Waals surface area contributed by atoms with Gasteiger partial charge >= 0.3 is 6.03 Å². The molecule has 1 saturated heterocycles. The van der Waals surface area contributed by atoms with Crippen LogP contribution in [-0.2, 0) is 16.2 Å². The van der Waals surface area contributed by atoms with Gasteiger partial charge in [-0.05, 0) is 60.5 Å². The molecule has 3 aromatic carbocycles. The zero-order chi connectivity index (χ0) is 25.1. The predicted molar refractivity (Wildman–Crippen MR) is 129 cm³/mol. The number of hydrogen-bond acceptors (Lipinski definition) is 5. The zero-order valence-electron chi connectivity index (χ0n) is 18.8. The second-order valence-corrected chi connectivity index (χ2v) is 8.10. The number of hydrogen-bond donors (Lipinski definition) is 1. The van der Waals surface area contributed by atoms with Gasteiger partial charge in [0.2, 0.25) is 0 Å². The van der Waals surface area contributed by atoms with Crippen LogP contribution >= 0.6 is 11.6 Å². The van der Waals surface area contributed by atoms with Gasteiger partial charge in [-0.2, -0.15) is 0 Å². The highest BCUT2D eigenvalue weighted by molar-refractivity contribution is 6.39. The van der Waals surface area contributed by atoms with Gasteiger partial charge in [-0.25, -0.2) is 14.1 Å². The predicted octanol–water partition coefficient (Wildman–Crippen LogP) is 5.04. The van der Waals surface area contributed by atoms with Crippen molar-refractivity contribution in [2.75, 3.05) is 12.0 Å². The van der Waals surface area contributed by atoms with Gasteiger partial charge in [0.1, 0.15) is 18.0 Å². The van der Waals surface area contributed by atoms with E-state index in [0.29, 0.717) is 22.7 Å². The first-order chi connectivity index (χ1) is 16.8. The Morgan fingerprint density at radius 1 is 1.03 bits per heavy atom. The van der Waals surface area contributed by atoms with Crippen LogP contribution in [0.4, 0.5) is 14.9 Å². The van der Waals surface area contributed by atoms with Gasteiger partial charge in [0, 0.05) is 5.56 Å². The standard InChI is InChI=1S/C26H20ClFN2O5/c1-15-5-3-6-17(11-15)30-25(32)18(24(31)29-26(30)33)12-16-9-10-22(23(13-16)34-2)35-14-19-20(27)7-4-8-21(19)28/h3-13H,14H2,1-2H3,(H,29,31,33)/b18-12+. The molecule has 1 heterocycles.